The number of hydrogen-bond donors (Lipinski definition) is 5. The smallest absolute Gasteiger partial charge is 0.261 e. The van der Waals surface area contributed by atoms with Crippen LogP contribution in [0.2, 0.25) is 0 Å². The Hall–Kier alpha value is -2.69. The highest BCUT2D eigenvalue weighted by atomic mass is 32.1. The largest absolute Gasteiger partial charge is 0.393 e. The van der Waals surface area contributed by atoms with E-state index in [9.17, 15) is 14.7 Å². The van der Waals surface area contributed by atoms with Crippen molar-refractivity contribution in [1.82, 2.24) is 20.3 Å². The van der Waals surface area contributed by atoms with E-state index in [1.54, 1.807) is 12.3 Å². The number of imidazole rings is 1. The van der Waals surface area contributed by atoms with Crippen molar-refractivity contribution in [2.24, 2.45) is 5.41 Å². The molecule has 4 heterocycles. The highest BCUT2D eigenvalue weighted by Gasteiger charge is 2.33. The highest BCUT2D eigenvalue weighted by molar-refractivity contribution is 7.20. The Balaban J connectivity index is 1.35. The van der Waals surface area contributed by atoms with Gasteiger partial charge in [-0.05, 0) is 37.8 Å². The molecular formula is C22H27N5O4S. The molecule has 170 valence electrons. The summed E-state index contributed by atoms with van der Waals surface area (Å²) in [5.74, 6) is 0.341. The molecule has 3 aromatic rings. The Kier molecular flexibility index (Phi) is 5.52. The molecule has 1 amide bonds. The summed E-state index contributed by atoms with van der Waals surface area (Å²) >= 11 is 1.30. The molecule has 10 heteroatoms. The van der Waals surface area contributed by atoms with E-state index in [0.717, 1.165) is 31.2 Å². The van der Waals surface area contributed by atoms with Gasteiger partial charge in [-0.25, -0.2) is 4.98 Å². The lowest BCUT2D eigenvalue weighted by Gasteiger charge is -2.37. The molecule has 0 bridgehead atoms. The van der Waals surface area contributed by atoms with Crippen molar-refractivity contribution in [3.63, 3.8) is 0 Å². The van der Waals surface area contributed by atoms with Gasteiger partial charge in [-0.2, -0.15) is 0 Å². The molecular weight excluding hydrogens is 430 g/mol. The maximum atomic E-state index is 12.7. The van der Waals surface area contributed by atoms with Crippen molar-refractivity contribution in [3.8, 4) is 11.4 Å². The normalized spacial score (nSPS) is 22.4. The number of pyridine rings is 1. The van der Waals surface area contributed by atoms with Crippen molar-refractivity contribution in [2.75, 3.05) is 25.1 Å². The number of ether oxygens (including phenoxy) is 1. The molecule has 32 heavy (non-hydrogen) atoms. The Morgan fingerprint density at radius 1 is 1.34 bits per heavy atom. The highest BCUT2D eigenvalue weighted by Crippen LogP contribution is 2.31. The molecule has 9 nitrogen and oxygen atoms in total. The number of anilines is 1. The molecule has 0 aromatic carbocycles. The van der Waals surface area contributed by atoms with E-state index < -0.39 is 0 Å². The molecule has 2 aliphatic rings. The molecule has 5 rings (SSSR count). The second-order valence-corrected chi connectivity index (χ2v) is 10.2. The van der Waals surface area contributed by atoms with Crippen LogP contribution in [0.15, 0.2) is 23.1 Å². The van der Waals surface area contributed by atoms with Crippen LogP contribution in [0, 0.1) is 5.41 Å². The van der Waals surface area contributed by atoms with E-state index >= 15 is 0 Å². The summed E-state index contributed by atoms with van der Waals surface area (Å²) in [5.41, 5.74) is 1.66. The van der Waals surface area contributed by atoms with Gasteiger partial charge in [-0.3, -0.25) is 9.59 Å². The van der Waals surface area contributed by atoms with Crippen LogP contribution < -0.4 is 16.2 Å². The van der Waals surface area contributed by atoms with E-state index in [1.165, 1.54) is 11.3 Å². The first-order valence-electron chi connectivity index (χ1n) is 10.9. The first-order chi connectivity index (χ1) is 15.4. The molecule has 0 radical (unpaired) electrons. The van der Waals surface area contributed by atoms with Crippen LogP contribution in [0.1, 0.15) is 42.3 Å². The zero-order chi connectivity index (χ0) is 22.3. The van der Waals surface area contributed by atoms with Crippen molar-refractivity contribution in [2.45, 2.75) is 44.8 Å². The molecule has 1 aliphatic heterocycles. The molecule has 0 atom stereocenters. The molecule has 1 saturated heterocycles. The number of carbonyl (C=O) groups is 1. The molecule has 0 unspecified atom stereocenters. The van der Waals surface area contributed by atoms with Crippen LogP contribution in [-0.4, -0.2) is 57.9 Å². The Labute approximate surface area is 188 Å². The van der Waals surface area contributed by atoms with Gasteiger partial charge in [-0.15, -0.1) is 11.3 Å². The Morgan fingerprint density at radius 2 is 2.12 bits per heavy atom. The van der Waals surface area contributed by atoms with Crippen LogP contribution in [0.5, 0.6) is 0 Å². The molecule has 5 N–H and O–H groups in total. The number of H-pyrrole nitrogens is 2. The maximum absolute atomic E-state index is 12.7. The second kappa shape index (κ2) is 8.34. The summed E-state index contributed by atoms with van der Waals surface area (Å²) in [6.07, 6.45) is 4.59. The van der Waals surface area contributed by atoms with E-state index in [-0.39, 0.29) is 29.0 Å². The maximum Gasteiger partial charge on any atom is 0.261 e. The van der Waals surface area contributed by atoms with Crippen molar-refractivity contribution in [3.05, 3.63) is 33.6 Å². The fourth-order valence-corrected chi connectivity index (χ4v) is 5.16. The Bertz CT molecular complexity index is 1160. The average molecular weight is 458 g/mol. The lowest BCUT2D eigenvalue weighted by molar-refractivity contribution is -0.0978. The number of thiophene rings is 1. The fraction of sp³-hybridized carbons (Fsp3) is 0.500. The summed E-state index contributed by atoms with van der Waals surface area (Å²) in [4.78, 5) is 37.0. The monoisotopic (exact) mass is 457 g/mol. The zero-order valence-electron chi connectivity index (χ0n) is 17.9. The number of amides is 1. The SMILES string of the molecule is CC1(CNC(=O)c2cc3[nH]c(-c4c(NC5CCC(O)CC5)cc[nH]c4=O)nc3s2)COC1. The lowest BCUT2D eigenvalue weighted by atomic mass is 9.89. The number of fused-ring (bicyclic) bond motifs is 1. The number of nitrogens with zero attached hydrogens (tertiary/aromatic N) is 1. The number of aliphatic hydroxyl groups excluding tert-OH is 1. The minimum absolute atomic E-state index is 0.00732. The molecule has 1 aliphatic carbocycles. The number of nitrogens with one attached hydrogen (secondary N) is 4. The van der Waals surface area contributed by atoms with Crippen molar-refractivity contribution >= 4 is 33.3 Å². The number of aromatic nitrogens is 3. The van der Waals surface area contributed by atoms with Gasteiger partial charge < -0.3 is 30.4 Å². The predicted octanol–water partition coefficient (Wildman–Crippen LogP) is 2.46. The van der Waals surface area contributed by atoms with Gasteiger partial charge in [0.2, 0.25) is 0 Å². The minimum Gasteiger partial charge on any atom is -0.393 e. The number of carbonyl (C=O) groups excluding carboxylic acids is 1. The quantitative estimate of drug-likeness (QED) is 0.386. The summed E-state index contributed by atoms with van der Waals surface area (Å²) in [6.45, 7) is 3.98. The number of rotatable bonds is 6. The molecule has 2 fully saturated rings. The number of aliphatic hydroxyl groups is 1. The van der Waals surface area contributed by atoms with Crippen LogP contribution >= 0.6 is 11.3 Å². The molecule has 0 spiro atoms. The van der Waals surface area contributed by atoms with Crippen molar-refractivity contribution in [1.29, 1.82) is 0 Å². The second-order valence-electron chi connectivity index (χ2n) is 9.15. The number of aromatic amines is 2. The van der Waals surface area contributed by atoms with E-state index in [1.807, 2.05) is 6.07 Å². The van der Waals surface area contributed by atoms with E-state index in [0.29, 0.717) is 46.5 Å². The summed E-state index contributed by atoms with van der Waals surface area (Å²) in [5, 5.41) is 16.2. The van der Waals surface area contributed by atoms with E-state index in [4.69, 9.17) is 4.74 Å². The van der Waals surface area contributed by atoms with Gasteiger partial charge in [0, 0.05) is 24.2 Å². The Morgan fingerprint density at radius 3 is 2.81 bits per heavy atom. The topological polar surface area (TPSA) is 132 Å². The van der Waals surface area contributed by atoms with Gasteiger partial charge in [-0.1, -0.05) is 6.92 Å². The third-order valence-corrected chi connectivity index (χ3v) is 7.26. The first kappa shape index (κ1) is 21.2. The van der Waals surface area contributed by atoms with Crippen LogP contribution in [0.3, 0.4) is 0 Å². The standard InChI is InChI=1S/C22H27N5O4S/c1-22(10-31-11-22)9-24-19(29)16-8-15-21(32-16)27-18(26-15)17-14(6-7-23-20(17)30)25-12-2-4-13(28)5-3-12/h6-8,12-13,28H,2-5,9-11H2,1H3,(H,24,29)(H,26,27)(H2,23,25,30). The molecule has 3 aromatic heterocycles. The van der Waals surface area contributed by atoms with Crippen LogP contribution in [0.4, 0.5) is 5.69 Å². The first-order valence-corrected chi connectivity index (χ1v) is 11.7. The summed E-state index contributed by atoms with van der Waals surface area (Å²) in [6, 6.07) is 3.81. The van der Waals surface area contributed by atoms with Gasteiger partial charge in [0.05, 0.1) is 35.4 Å². The van der Waals surface area contributed by atoms with E-state index in [2.05, 4.69) is 32.5 Å². The average Bonchev–Trinajstić information content (AvgIpc) is 3.32. The summed E-state index contributed by atoms with van der Waals surface area (Å²) in [7, 11) is 0. The van der Waals surface area contributed by atoms with Crippen LogP contribution in [0.25, 0.3) is 21.7 Å². The van der Waals surface area contributed by atoms with Gasteiger partial charge in [0.15, 0.2) is 0 Å². The zero-order valence-corrected chi connectivity index (χ0v) is 18.7. The number of hydrogen-bond acceptors (Lipinski definition) is 7. The predicted molar refractivity (Wildman–Crippen MR) is 123 cm³/mol. The fourth-order valence-electron chi connectivity index (χ4n) is 4.25. The third kappa shape index (κ3) is 4.17. The third-order valence-electron chi connectivity index (χ3n) is 6.23. The van der Waals surface area contributed by atoms with Crippen molar-refractivity contribution < 1.29 is 14.6 Å². The molecule has 1 saturated carbocycles. The van der Waals surface area contributed by atoms with Gasteiger partial charge in [0.25, 0.3) is 11.5 Å². The van der Waals surface area contributed by atoms with Gasteiger partial charge >= 0.3 is 0 Å². The summed E-state index contributed by atoms with van der Waals surface area (Å²) < 4.78 is 5.23. The van der Waals surface area contributed by atoms with Gasteiger partial charge in [0.1, 0.15) is 16.2 Å². The lowest BCUT2D eigenvalue weighted by Crippen LogP contribution is -2.48. The van der Waals surface area contributed by atoms with Crippen LogP contribution in [-0.2, 0) is 4.74 Å². The minimum atomic E-state index is -0.236.